The first-order valence-corrected chi connectivity index (χ1v) is 10.9. The average Bonchev–Trinajstić information content (AvgIpc) is 3.03. The molecule has 30 heavy (non-hydrogen) atoms. The normalized spacial score (nSPS) is 17.3. The Bertz CT molecular complexity index is 948. The first-order valence-electron chi connectivity index (χ1n) is 10.5. The van der Waals surface area contributed by atoms with Crippen molar-refractivity contribution in [1.29, 1.82) is 0 Å². The first-order chi connectivity index (χ1) is 14.6. The molecule has 0 unspecified atom stereocenters. The number of carbonyl (C=O) groups is 2. The molecule has 2 aromatic carbocycles. The molecule has 0 radical (unpaired) electrons. The maximum atomic E-state index is 13.3. The fourth-order valence-electron chi connectivity index (χ4n) is 4.08. The van der Waals surface area contributed by atoms with Crippen molar-refractivity contribution in [2.24, 2.45) is 0 Å². The van der Waals surface area contributed by atoms with Crippen molar-refractivity contribution in [1.82, 2.24) is 9.80 Å². The fraction of sp³-hybridized carbons (Fsp3) is 0.333. The highest BCUT2D eigenvalue weighted by molar-refractivity contribution is 6.36. The number of amides is 2. The van der Waals surface area contributed by atoms with Crippen molar-refractivity contribution >= 4 is 34.7 Å². The van der Waals surface area contributed by atoms with Crippen molar-refractivity contribution in [3.8, 4) is 0 Å². The Labute approximate surface area is 182 Å². The van der Waals surface area contributed by atoms with Crippen LogP contribution in [0.1, 0.15) is 25.3 Å². The molecule has 2 amide bonds. The summed E-state index contributed by atoms with van der Waals surface area (Å²) in [6.45, 7) is 5.51. The van der Waals surface area contributed by atoms with Gasteiger partial charge in [-0.2, -0.15) is 0 Å². The van der Waals surface area contributed by atoms with Gasteiger partial charge >= 0.3 is 0 Å². The summed E-state index contributed by atoms with van der Waals surface area (Å²) in [4.78, 5) is 32.3. The largest absolute Gasteiger partial charge is 0.368 e. The molecule has 4 rings (SSSR count). The molecule has 0 aliphatic carbocycles. The number of hydrogen-bond donors (Lipinski definition) is 0. The lowest BCUT2D eigenvalue weighted by molar-refractivity contribution is -0.137. The second-order valence-corrected chi connectivity index (χ2v) is 8.09. The zero-order chi connectivity index (χ0) is 21.1. The Balaban J connectivity index is 1.62. The van der Waals surface area contributed by atoms with Gasteiger partial charge in [-0.25, -0.2) is 0 Å². The molecule has 1 fully saturated rings. The number of carbonyl (C=O) groups excluding carboxylic acids is 2. The number of anilines is 1. The molecule has 5 nitrogen and oxygen atoms in total. The minimum Gasteiger partial charge on any atom is -0.368 e. The summed E-state index contributed by atoms with van der Waals surface area (Å²) >= 11 is 6.05. The summed E-state index contributed by atoms with van der Waals surface area (Å²) in [5.74, 6) is -0.372. The highest BCUT2D eigenvalue weighted by Crippen LogP contribution is 2.33. The molecule has 0 saturated carbocycles. The minimum atomic E-state index is -0.198. The fourth-order valence-corrected chi connectivity index (χ4v) is 4.21. The lowest BCUT2D eigenvalue weighted by atomic mass is 10.0. The quantitative estimate of drug-likeness (QED) is 0.657. The van der Waals surface area contributed by atoms with Gasteiger partial charge in [0.2, 0.25) is 0 Å². The molecule has 2 aliphatic heterocycles. The predicted molar refractivity (Wildman–Crippen MR) is 120 cm³/mol. The SMILES string of the molecule is CCCCN1C(=O)C(c2ccc(Cl)cc2)=C(N2CCN(c3ccccc3)CC2)C1=O. The standard InChI is InChI=1S/C24H26ClN3O2/c1-2-3-13-28-23(29)21(18-9-11-19(25)12-10-18)22(24(28)30)27-16-14-26(15-17-27)20-7-5-4-6-8-20/h4-12H,2-3,13-17H2,1H3. The van der Waals surface area contributed by atoms with Crippen LogP contribution in [0.15, 0.2) is 60.3 Å². The third-order valence-electron chi connectivity index (χ3n) is 5.73. The first kappa shape index (κ1) is 20.5. The molecular formula is C24H26ClN3O2. The van der Waals surface area contributed by atoms with Crippen LogP contribution < -0.4 is 4.90 Å². The van der Waals surface area contributed by atoms with E-state index >= 15 is 0 Å². The van der Waals surface area contributed by atoms with E-state index in [9.17, 15) is 9.59 Å². The summed E-state index contributed by atoms with van der Waals surface area (Å²) in [7, 11) is 0. The van der Waals surface area contributed by atoms with E-state index in [0.29, 0.717) is 35.9 Å². The summed E-state index contributed by atoms with van der Waals surface area (Å²) in [6.07, 6.45) is 1.73. The summed E-state index contributed by atoms with van der Waals surface area (Å²) in [5, 5.41) is 0.608. The molecule has 2 aliphatic rings. The van der Waals surface area contributed by atoms with Crippen molar-refractivity contribution in [2.45, 2.75) is 19.8 Å². The topological polar surface area (TPSA) is 43.9 Å². The van der Waals surface area contributed by atoms with Gasteiger partial charge in [0.05, 0.1) is 5.57 Å². The number of piperazine rings is 1. The van der Waals surface area contributed by atoms with Gasteiger partial charge in [-0.1, -0.05) is 55.3 Å². The van der Waals surface area contributed by atoms with Gasteiger partial charge in [-0.15, -0.1) is 0 Å². The van der Waals surface area contributed by atoms with E-state index in [1.165, 1.54) is 10.6 Å². The molecule has 0 N–H and O–H groups in total. The molecule has 0 atom stereocenters. The van der Waals surface area contributed by atoms with Crippen LogP contribution in [0.3, 0.4) is 0 Å². The molecule has 0 aromatic heterocycles. The number of hydrogen-bond acceptors (Lipinski definition) is 4. The van der Waals surface area contributed by atoms with E-state index in [0.717, 1.165) is 31.5 Å². The van der Waals surface area contributed by atoms with Crippen LogP contribution in [0.4, 0.5) is 5.69 Å². The van der Waals surface area contributed by atoms with Gasteiger partial charge in [0.1, 0.15) is 5.70 Å². The van der Waals surface area contributed by atoms with E-state index in [-0.39, 0.29) is 11.8 Å². The highest BCUT2D eigenvalue weighted by Gasteiger charge is 2.41. The zero-order valence-corrected chi connectivity index (χ0v) is 17.9. The van der Waals surface area contributed by atoms with Crippen LogP contribution in [0, 0.1) is 0 Å². The Morgan fingerprint density at radius 2 is 1.47 bits per heavy atom. The van der Waals surface area contributed by atoms with Crippen molar-refractivity contribution in [3.63, 3.8) is 0 Å². The van der Waals surface area contributed by atoms with Crippen LogP contribution >= 0.6 is 11.6 Å². The molecule has 156 valence electrons. The lowest BCUT2D eigenvalue weighted by Crippen LogP contribution is -2.47. The van der Waals surface area contributed by atoms with Gasteiger partial charge in [0.15, 0.2) is 0 Å². The number of benzene rings is 2. The second-order valence-electron chi connectivity index (χ2n) is 7.66. The van der Waals surface area contributed by atoms with E-state index in [2.05, 4.69) is 28.9 Å². The van der Waals surface area contributed by atoms with Crippen LogP contribution in [-0.2, 0) is 9.59 Å². The van der Waals surface area contributed by atoms with Crippen LogP contribution in [0.25, 0.3) is 5.57 Å². The maximum Gasteiger partial charge on any atom is 0.277 e. The van der Waals surface area contributed by atoms with Gasteiger partial charge in [-0.05, 0) is 36.2 Å². The van der Waals surface area contributed by atoms with Gasteiger partial charge in [0, 0.05) is 43.4 Å². The number of imide groups is 1. The molecule has 1 saturated heterocycles. The zero-order valence-electron chi connectivity index (χ0n) is 17.2. The Morgan fingerprint density at radius 3 is 2.10 bits per heavy atom. The van der Waals surface area contributed by atoms with Gasteiger partial charge in [-0.3, -0.25) is 14.5 Å². The average molecular weight is 424 g/mol. The third-order valence-corrected chi connectivity index (χ3v) is 5.98. The Kier molecular flexibility index (Phi) is 6.09. The third kappa shape index (κ3) is 3.94. The number of para-hydroxylation sites is 1. The molecule has 0 bridgehead atoms. The minimum absolute atomic E-state index is 0.174. The Hall–Kier alpha value is -2.79. The molecular weight excluding hydrogens is 398 g/mol. The number of unbranched alkanes of at least 4 members (excludes halogenated alkanes) is 1. The number of rotatable bonds is 6. The summed E-state index contributed by atoms with van der Waals surface area (Å²) in [5.41, 5.74) is 2.96. The van der Waals surface area contributed by atoms with E-state index in [4.69, 9.17) is 11.6 Å². The summed E-state index contributed by atoms with van der Waals surface area (Å²) in [6, 6.07) is 17.5. The molecule has 6 heteroatoms. The van der Waals surface area contributed by atoms with E-state index < -0.39 is 0 Å². The molecule has 0 spiro atoms. The lowest BCUT2D eigenvalue weighted by Gasteiger charge is -2.37. The smallest absolute Gasteiger partial charge is 0.277 e. The van der Waals surface area contributed by atoms with Gasteiger partial charge in [0.25, 0.3) is 11.8 Å². The van der Waals surface area contributed by atoms with Crippen molar-refractivity contribution in [3.05, 3.63) is 70.9 Å². The molecule has 2 heterocycles. The number of halogens is 1. The maximum absolute atomic E-state index is 13.3. The molecule has 2 aromatic rings. The monoisotopic (exact) mass is 423 g/mol. The summed E-state index contributed by atoms with van der Waals surface area (Å²) < 4.78 is 0. The van der Waals surface area contributed by atoms with Crippen molar-refractivity contribution < 1.29 is 9.59 Å². The van der Waals surface area contributed by atoms with E-state index in [1.807, 2.05) is 30.3 Å². The predicted octanol–water partition coefficient (Wildman–Crippen LogP) is 4.04. The van der Waals surface area contributed by atoms with E-state index in [1.54, 1.807) is 12.1 Å². The van der Waals surface area contributed by atoms with Crippen LogP contribution in [-0.4, -0.2) is 54.3 Å². The number of nitrogens with zero attached hydrogens (tertiary/aromatic N) is 3. The Morgan fingerprint density at radius 1 is 0.833 bits per heavy atom. The van der Waals surface area contributed by atoms with Gasteiger partial charge < -0.3 is 9.80 Å². The highest BCUT2D eigenvalue weighted by atomic mass is 35.5. The second kappa shape index (κ2) is 8.92. The van der Waals surface area contributed by atoms with Crippen LogP contribution in [0.2, 0.25) is 5.02 Å². The van der Waals surface area contributed by atoms with Crippen LogP contribution in [0.5, 0.6) is 0 Å². The van der Waals surface area contributed by atoms with Crippen molar-refractivity contribution in [2.75, 3.05) is 37.6 Å².